The topological polar surface area (TPSA) is 244 Å². The number of nitrogens with zero attached hydrogens (tertiary/aromatic N) is 1. The number of benzene rings is 2. The quantitative estimate of drug-likeness (QED) is 0.182. The Morgan fingerprint density at radius 3 is 1.70 bits per heavy atom. The highest BCUT2D eigenvalue weighted by molar-refractivity contribution is 5.95. The van der Waals surface area contributed by atoms with E-state index in [0.29, 0.717) is 6.07 Å². The number of nitrogen functional groups attached to an aromatic ring is 1. The van der Waals surface area contributed by atoms with E-state index in [-0.39, 0.29) is 27.8 Å². The molecular weight excluding hydrogens is 566 g/mol. The van der Waals surface area contributed by atoms with E-state index in [1.165, 1.54) is 32.9 Å². The van der Waals surface area contributed by atoms with Crippen molar-refractivity contribution in [3.05, 3.63) is 69.4 Å². The number of aryl methyl sites for hydroxylation is 1. The molecule has 0 radical (unpaired) electrons. The average Bonchev–Trinajstić information content (AvgIpc) is 2.71. The molecule has 40 heavy (non-hydrogen) atoms. The Bertz CT molecular complexity index is 1360. The fourth-order valence-electron chi connectivity index (χ4n) is 2.71. The van der Waals surface area contributed by atoms with E-state index in [9.17, 15) is 45.5 Å². The number of carboxylic acid groups (broad SMARTS) is 1. The van der Waals surface area contributed by atoms with E-state index < -0.39 is 63.7 Å². The van der Waals surface area contributed by atoms with Crippen molar-refractivity contribution in [1.29, 1.82) is 0 Å². The summed E-state index contributed by atoms with van der Waals surface area (Å²) in [6.07, 6.45) is -9.30. The van der Waals surface area contributed by atoms with Crippen LogP contribution in [0, 0.1) is 6.92 Å². The monoisotopic (exact) mass is 590 g/mol. The number of anilines is 1. The Morgan fingerprint density at radius 2 is 1.32 bits per heavy atom. The second-order valence-corrected chi connectivity index (χ2v) is 6.88. The van der Waals surface area contributed by atoms with Crippen molar-refractivity contribution in [2.45, 2.75) is 33.1 Å². The first-order chi connectivity index (χ1) is 16.9. The highest BCUT2D eigenvalue weighted by Gasteiger charge is 2.36. The van der Waals surface area contributed by atoms with Crippen molar-refractivity contribution in [2.24, 2.45) is 0 Å². The maximum atomic E-state index is 12.6. The van der Waals surface area contributed by atoms with Crippen LogP contribution in [0.4, 0.5) is 32.0 Å². The maximum absolute atomic E-state index is 12.6. The van der Waals surface area contributed by atoms with Gasteiger partial charge >= 0.3 is 35.9 Å². The summed E-state index contributed by atoms with van der Waals surface area (Å²) in [5, 5.41) is 8.00. The lowest BCUT2D eigenvalue weighted by Crippen LogP contribution is -2.14. The van der Waals surface area contributed by atoms with Crippen LogP contribution in [0.5, 0.6) is 0 Å². The summed E-state index contributed by atoms with van der Waals surface area (Å²) >= 11 is 0. The molecular formula is C22H24F6N2O10. The van der Waals surface area contributed by atoms with Crippen molar-refractivity contribution >= 4 is 34.5 Å². The molecule has 18 heteroatoms. The van der Waals surface area contributed by atoms with Gasteiger partial charge in [-0.25, -0.2) is 14.6 Å². The van der Waals surface area contributed by atoms with Crippen molar-refractivity contribution < 1.29 is 71.4 Å². The molecule has 3 rings (SSSR count). The zero-order valence-corrected chi connectivity index (χ0v) is 20.7. The number of alkyl halides is 6. The molecule has 0 spiro atoms. The first-order valence-corrected chi connectivity index (χ1v) is 9.71. The third-order valence-electron chi connectivity index (χ3n) is 3.97. The molecule has 0 amide bonds. The summed E-state index contributed by atoms with van der Waals surface area (Å²) in [4.78, 5) is 45.2. The smallest absolute Gasteiger partial charge is 0.417 e. The van der Waals surface area contributed by atoms with Crippen molar-refractivity contribution in [1.82, 2.24) is 4.98 Å². The minimum Gasteiger partial charge on any atom is -0.478 e. The van der Waals surface area contributed by atoms with E-state index in [2.05, 4.69) is 14.1 Å². The minimum absolute atomic E-state index is 0. The van der Waals surface area contributed by atoms with Gasteiger partial charge in [0.25, 0.3) is 0 Å². The van der Waals surface area contributed by atoms with Gasteiger partial charge in [-0.1, -0.05) is 12.1 Å². The molecule has 224 valence electrons. The molecule has 0 aliphatic carbocycles. The Morgan fingerprint density at radius 1 is 0.875 bits per heavy atom. The summed E-state index contributed by atoms with van der Waals surface area (Å²) in [5.74, 6) is -2.77. The molecule has 2 aromatic carbocycles. The third-order valence-corrected chi connectivity index (χ3v) is 3.97. The Hall–Kier alpha value is -4.55. The van der Waals surface area contributed by atoms with Gasteiger partial charge in [-0.3, -0.25) is 9.59 Å². The largest absolute Gasteiger partial charge is 0.478 e. The molecule has 0 saturated heterocycles. The van der Waals surface area contributed by atoms with Crippen molar-refractivity contribution in [3.63, 3.8) is 0 Å². The summed E-state index contributed by atoms with van der Waals surface area (Å²) in [5.41, 5.74) is 0.557. The van der Waals surface area contributed by atoms with Crippen molar-refractivity contribution in [3.8, 4) is 0 Å². The molecule has 9 N–H and O–H groups in total. The third kappa shape index (κ3) is 11.5. The SMILES string of the molecule is CC(=O)OC(C)=O.Cc1nc2cccc(C(F)(F)F)c2c(=O)o1.Nc1cccc(C(F)(F)F)c1C(=O)O.O.O.O. The van der Waals surface area contributed by atoms with Gasteiger partial charge in [0.05, 0.1) is 27.6 Å². The number of carboxylic acids is 1. The number of carbonyl (C=O) groups excluding carboxylic acids is 2. The number of aromatic carboxylic acids is 1. The minimum atomic E-state index is -4.71. The van der Waals surface area contributed by atoms with Crippen LogP contribution in [-0.4, -0.2) is 44.4 Å². The van der Waals surface area contributed by atoms with E-state index in [4.69, 9.17) is 10.8 Å². The molecule has 0 fully saturated rings. The van der Waals surface area contributed by atoms with Gasteiger partial charge in [-0.2, -0.15) is 26.3 Å². The van der Waals surface area contributed by atoms with Gasteiger partial charge in [0.2, 0.25) is 0 Å². The van der Waals surface area contributed by atoms with Crippen molar-refractivity contribution in [2.75, 3.05) is 5.73 Å². The van der Waals surface area contributed by atoms with Crippen LogP contribution in [0.1, 0.15) is 41.2 Å². The van der Waals surface area contributed by atoms with Gasteiger partial charge in [0.15, 0.2) is 5.89 Å². The predicted octanol–water partition coefficient (Wildman–Crippen LogP) is 2.12. The van der Waals surface area contributed by atoms with Crippen LogP contribution in [0.3, 0.4) is 0 Å². The first-order valence-electron chi connectivity index (χ1n) is 9.71. The number of hydrogen-bond acceptors (Lipinski definition) is 8. The molecule has 0 bridgehead atoms. The summed E-state index contributed by atoms with van der Waals surface area (Å²) in [7, 11) is 0. The molecule has 12 nitrogen and oxygen atoms in total. The van der Waals surface area contributed by atoms with Crippen LogP contribution in [0.15, 0.2) is 45.6 Å². The highest BCUT2D eigenvalue weighted by atomic mass is 19.4. The number of halogens is 6. The fraction of sp³-hybridized carbons (Fsp3) is 0.227. The second-order valence-electron chi connectivity index (χ2n) is 6.88. The number of carbonyl (C=O) groups is 3. The lowest BCUT2D eigenvalue weighted by atomic mass is 10.1. The van der Waals surface area contributed by atoms with Crippen LogP contribution in [-0.2, 0) is 26.7 Å². The molecule has 0 aliphatic rings. The molecule has 1 heterocycles. The molecule has 3 aromatic rings. The second kappa shape index (κ2) is 15.8. The molecule has 0 unspecified atom stereocenters. The van der Waals surface area contributed by atoms with Gasteiger partial charge < -0.3 is 36.4 Å². The van der Waals surface area contributed by atoms with Gasteiger partial charge in [0.1, 0.15) is 0 Å². The van der Waals surface area contributed by atoms with E-state index >= 15 is 0 Å². The van der Waals surface area contributed by atoms with Gasteiger partial charge in [-0.15, -0.1) is 0 Å². The van der Waals surface area contributed by atoms with Gasteiger partial charge in [0, 0.05) is 26.5 Å². The van der Waals surface area contributed by atoms with Crippen LogP contribution in [0.2, 0.25) is 0 Å². The number of nitrogens with two attached hydrogens (primary N) is 1. The Balaban J connectivity index is -0.000000529. The van der Waals surface area contributed by atoms with Crippen LogP contribution >= 0.6 is 0 Å². The lowest BCUT2D eigenvalue weighted by Gasteiger charge is -2.11. The normalized spacial score (nSPS) is 10.1. The summed E-state index contributed by atoms with van der Waals surface area (Å²) < 4.78 is 83.1. The fourth-order valence-corrected chi connectivity index (χ4v) is 2.71. The number of ether oxygens (including phenoxy) is 1. The van der Waals surface area contributed by atoms with Crippen LogP contribution in [0.25, 0.3) is 10.9 Å². The Labute approximate surface area is 219 Å². The number of fused-ring (bicyclic) bond motifs is 1. The zero-order valence-electron chi connectivity index (χ0n) is 20.7. The summed E-state index contributed by atoms with van der Waals surface area (Å²) in [6, 6.07) is 6.23. The molecule has 0 saturated carbocycles. The zero-order chi connectivity index (χ0) is 28.7. The lowest BCUT2D eigenvalue weighted by molar-refractivity contribution is -0.156. The van der Waals surface area contributed by atoms with E-state index in [1.54, 1.807) is 0 Å². The van der Waals surface area contributed by atoms with Crippen LogP contribution < -0.4 is 11.4 Å². The number of hydrogen-bond donors (Lipinski definition) is 2. The predicted molar refractivity (Wildman–Crippen MR) is 126 cm³/mol. The average molecular weight is 590 g/mol. The molecule has 0 aliphatic heterocycles. The van der Waals surface area contributed by atoms with E-state index in [1.807, 2.05) is 0 Å². The number of rotatable bonds is 1. The molecule has 1 aromatic heterocycles. The standard InChI is InChI=1S/C10H6F3NO2.C8H6F3NO2.C4H6O3.3H2O/c1-5-14-7-4-2-3-6(10(11,12)13)8(7)9(15)16-5;9-8(10,11)4-2-1-3-5(12)6(4)7(13)14;1-3(5)7-4(2)6;;;/h2-4H,1H3;1-3H,12H2,(H,13,14);1-2H3;3*1H2. The molecule has 0 atom stereocenters. The Kier molecular flexibility index (Phi) is 15.7. The van der Waals surface area contributed by atoms with Gasteiger partial charge in [-0.05, 0) is 24.3 Å². The summed E-state index contributed by atoms with van der Waals surface area (Å²) in [6.45, 7) is 3.77. The highest BCUT2D eigenvalue weighted by Crippen LogP contribution is 2.34. The van der Waals surface area contributed by atoms with E-state index in [0.717, 1.165) is 18.2 Å². The number of aromatic nitrogens is 1. The number of esters is 2. The maximum Gasteiger partial charge on any atom is 0.417 e. The first kappa shape index (κ1) is 40.0.